The lowest BCUT2D eigenvalue weighted by molar-refractivity contribution is 0.0998. The maximum Gasteiger partial charge on any atom is 0.264 e. The number of hydrogen-bond acceptors (Lipinski definition) is 2. The lowest BCUT2D eigenvalue weighted by Crippen LogP contribution is -2.07. The SMILES string of the molecule is CCc1c(C#N)ccc(C(F)F)c1C(C)=O. The first-order valence-corrected chi connectivity index (χ1v) is 4.87. The number of benzene rings is 1. The molecule has 0 atom stereocenters. The van der Waals surface area contributed by atoms with Gasteiger partial charge in [0.25, 0.3) is 6.43 Å². The largest absolute Gasteiger partial charge is 0.294 e. The summed E-state index contributed by atoms with van der Waals surface area (Å²) in [4.78, 5) is 11.4. The van der Waals surface area contributed by atoms with Crippen molar-refractivity contribution in [2.24, 2.45) is 0 Å². The van der Waals surface area contributed by atoms with E-state index in [9.17, 15) is 13.6 Å². The van der Waals surface area contributed by atoms with Gasteiger partial charge in [-0.05, 0) is 25.0 Å². The van der Waals surface area contributed by atoms with Crippen LogP contribution in [-0.2, 0) is 6.42 Å². The number of rotatable bonds is 3. The van der Waals surface area contributed by atoms with E-state index in [2.05, 4.69) is 0 Å². The summed E-state index contributed by atoms with van der Waals surface area (Å²) in [7, 11) is 0. The van der Waals surface area contributed by atoms with Gasteiger partial charge in [0.15, 0.2) is 5.78 Å². The average molecular weight is 223 g/mol. The van der Waals surface area contributed by atoms with Crippen molar-refractivity contribution in [1.29, 1.82) is 5.26 Å². The number of ketones is 1. The van der Waals surface area contributed by atoms with E-state index >= 15 is 0 Å². The predicted molar refractivity (Wildman–Crippen MR) is 55.5 cm³/mol. The second-order valence-corrected chi connectivity index (χ2v) is 3.38. The Morgan fingerprint density at radius 1 is 1.50 bits per heavy atom. The normalized spacial score (nSPS) is 10.2. The van der Waals surface area contributed by atoms with Crippen LogP contribution in [0.3, 0.4) is 0 Å². The Labute approximate surface area is 92.5 Å². The highest BCUT2D eigenvalue weighted by Gasteiger charge is 2.20. The van der Waals surface area contributed by atoms with Gasteiger partial charge >= 0.3 is 0 Å². The molecule has 16 heavy (non-hydrogen) atoms. The van der Waals surface area contributed by atoms with Gasteiger partial charge in [0.2, 0.25) is 0 Å². The van der Waals surface area contributed by atoms with Gasteiger partial charge in [-0.25, -0.2) is 8.78 Å². The molecule has 0 aromatic heterocycles. The van der Waals surface area contributed by atoms with Crippen LogP contribution < -0.4 is 0 Å². The minimum absolute atomic E-state index is 0.00319. The van der Waals surface area contributed by atoms with Gasteiger partial charge in [-0.3, -0.25) is 4.79 Å². The van der Waals surface area contributed by atoms with Crippen molar-refractivity contribution in [2.45, 2.75) is 26.7 Å². The molecule has 1 aromatic rings. The van der Waals surface area contributed by atoms with Crippen molar-refractivity contribution >= 4 is 5.78 Å². The van der Waals surface area contributed by atoms with Crippen LogP contribution in [0.15, 0.2) is 12.1 Å². The van der Waals surface area contributed by atoms with Crippen molar-refractivity contribution in [3.63, 3.8) is 0 Å². The molecule has 0 saturated heterocycles. The first kappa shape index (κ1) is 12.3. The molecule has 84 valence electrons. The van der Waals surface area contributed by atoms with Crippen molar-refractivity contribution in [3.8, 4) is 6.07 Å². The van der Waals surface area contributed by atoms with Crippen LogP contribution in [0, 0.1) is 11.3 Å². The fourth-order valence-electron chi connectivity index (χ4n) is 1.74. The Morgan fingerprint density at radius 2 is 2.12 bits per heavy atom. The van der Waals surface area contributed by atoms with Gasteiger partial charge in [0.05, 0.1) is 11.6 Å². The molecule has 0 bridgehead atoms. The molecule has 0 radical (unpaired) electrons. The third-order valence-electron chi connectivity index (χ3n) is 2.41. The van der Waals surface area contributed by atoms with Crippen molar-refractivity contribution in [1.82, 2.24) is 0 Å². The van der Waals surface area contributed by atoms with E-state index in [0.717, 1.165) is 6.07 Å². The van der Waals surface area contributed by atoms with Crippen molar-refractivity contribution in [3.05, 3.63) is 34.4 Å². The number of alkyl halides is 2. The average Bonchev–Trinajstić information content (AvgIpc) is 2.26. The maximum absolute atomic E-state index is 12.7. The monoisotopic (exact) mass is 223 g/mol. The lowest BCUT2D eigenvalue weighted by atomic mass is 9.92. The zero-order valence-electron chi connectivity index (χ0n) is 9.05. The van der Waals surface area contributed by atoms with Gasteiger partial charge in [-0.1, -0.05) is 13.0 Å². The molecule has 0 unspecified atom stereocenters. The molecule has 0 aliphatic heterocycles. The molecule has 0 amide bonds. The molecule has 0 aliphatic carbocycles. The van der Waals surface area contributed by atoms with E-state index in [-0.39, 0.29) is 16.7 Å². The van der Waals surface area contributed by atoms with Gasteiger partial charge in [0.1, 0.15) is 0 Å². The minimum atomic E-state index is -2.70. The number of nitrogens with zero attached hydrogens (tertiary/aromatic N) is 1. The van der Waals surface area contributed by atoms with Crippen LogP contribution >= 0.6 is 0 Å². The van der Waals surface area contributed by atoms with Crippen LogP contribution in [0.2, 0.25) is 0 Å². The summed E-state index contributed by atoms with van der Waals surface area (Å²) >= 11 is 0. The van der Waals surface area contributed by atoms with Gasteiger partial charge < -0.3 is 0 Å². The van der Waals surface area contributed by atoms with Crippen LogP contribution in [0.4, 0.5) is 8.78 Å². The van der Waals surface area contributed by atoms with E-state index < -0.39 is 12.2 Å². The third-order valence-corrected chi connectivity index (χ3v) is 2.41. The highest BCUT2D eigenvalue weighted by atomic mass is 19.3. The van der Waals surface area contributed by atoms with E-state index in [1.165, 1.54) is 13.0 Å². The summed E-state index contributed by atoms with van der Waals surface area (Å²) in [6.07, 6.45) is -2.31. The molecule has 0 spiro atoms. The second kappa shape index (κ2) is 4.84. The predicted octanol–water partition coefficient (Wildman–Crippen LogP) is 3.26. The quantitative estimate of drug-likeness (QED) is 0.738. The highest BCUT2D eigenvalue weighted by molar-refractivity contribution is 5.97. The van der Waals surface area contributed by atoms with Gasteiger partial charge in [-0.15, -0.1) is 0 Å². The van der Waals surface area contributed by atoms with E-state index in [0.29, 0.717) is 12.0 Å². The zero-order chi connectivity index (χ0) is 12.3. The number of hydrogen-bond donors (Lipinski definition) is 0. The third kappa shape index (κ3) is 2.08. The summed E-state index contributed by atoms with van der Waals surface area (Å²) < 4.78 is 25.4. The fraction of sp³-hybridized carbons (Fsp3) is 0.333. The first-order valence-electron chi connectivity index (χ1n) is 4.87. The fourth-order valence-corrected chi connectivity index (χ4v) is 1.74. The minimum Gasteiger partial charge on any atom is -0.294 e. The molecule has 1 rings (SSSR count). The first-order chi connectivity index (χ1) is 7.52. The summed E-state index contributed by atoms with van der Waals surface area (Å²) in [5, 5.41) is 8.84. The lowest BCUT2D eigenvalue weighted by Gasteiger charge is -2.12. The molecule has 2 nitrogen and oxygen atoms in total. The summed E-state index contributed by atoms with van der Waals surface area (Å²) in [6.45, 7) is 2.97. The van der Waals surface area contributed by atoms with E-state index in [1.54, 1.807) is 6.92 Å². The molecule has 0 N–H and O–H groups in total. The van der Waals surface area contributed by atoms with Crippen molar-refractivity contribution in [2.75, 3.05) is 0 Å². The molecular weight excluding hydrogens is 212 g/mol. The summed E-state index contributed by atoms with van der Waals surface area (Å²) in [5.74, 6) is -0.427. The highest BCUT2D eigenvalue weighted by Crippen LogP contribution is 2.28. The van der Waals surface area contributed by atoms with Gasteiger partial charge in [-0.2, -0.15) is 5.26 Å². The van der Waals surface area contributed by atoms with Crippen LogP contribution in [-0.4, -0.2) is 5.78 Å². The zero-order valence-corrected chi connectivity index (χ0v) is 9.05. The van der Waals surface area contributed by atoms with Crippen LogP contribution in [0.25, 0.3) is 0 Å². The number of halogens is 2. The number of carbonyl (C=O) groups is 1. The van der Waals surface area contributed by atoms with Gasteiger partial charge in [0, 0.05) is 11.1 Å². The number of Topliss-reactive ketones (excluding diaryl/α,β-unsaturated/α-hetero) is 1. The van der Waals surface area contributed by atoms with Crippen LogP contribution in [0.5, 0.6) is 0 Å². The second-order valence-electron chi connectivity index (χ2n) is 3.38. The standard InChI is InChI=1S/C12H11F2NO/c1-3-9-8(6-15)4-5-10(12(13)14)11(9)7(2)16/h4-5,12H,3H2,1-2H3. The molecule has 0 heterocycles. The smallest absolute Gasteiger partial charge is 0.264 e. The van der Waals surface area contributed by atoms with E-state index in [1.807, 2.05) is 6.07 Å². The molecule has 1 aromatic carbocycles. The molecular formula is C12H11F2NO. The molecule has 0 saturated carbocycles. The van der Waals surface area contributed by atoms with E-state index in [4.69, 9.17) is 5.26 Å². The molecule has 0 fully saturated rings. The van der Waals surface area contributed by atoms with Crippen molar-refractivity contribution < 1.29 is 13.6 Å². The summed E-state index contributed by atoms with van der Waals surface area (Å²) in [5.41, 5.74) is 0.407. The number of nitriles is 1. The van der Waals surface area contributed by atoms with Crippen LogP contribution in [0.1, 0.15) is 47.3 Å². The molecule has 0 aliphatic rings. The Balaban J connectivity index is 3.58. The summed E-state index contributed by atoms with van der Waals surface area (Å²) in [6, 6.07) is 4.40. The maximum atomic E-state index is 12.7. The Hall–Kier alpha value is -1.76. The molecule has 4 heteroatoms. The topological polar surface area (TPSA) is 40.9 Å². The number of carbonyl (C=O) groups excluding carboxylic acids is 1. The Morgan fingerprint density at radius 3 is 2.50 bits per heavy atom. The Kier molecular flexibility index (Phi) is 3.73. The Bertz CT molecular complexity index is 461.